The number of nitrogens with zero attached hydrogens (tertiary/aromatic N) is 1. The average molecular weight is 212 g/mol. The topological polar surface area (TPSA) is 24.9 Å². The first kappa shape index (κ1) is 9.79. The summed E-state index contributed by atoms with van der Waals surface area (Å²) in [6.07, 6.45) is 3.15. The number of fused-ring (bicyclic) bond motifs is 1. The third-order valence-electron chi connectivity index (χ3n) is 3.41. The lowest BCUT2D eigenvalue weighted by atomic mass is 9.98. The van der Waals surface area contributed by atoms with Crippen LogP contribution in [0.1, 0.15) is 24.9 Å². The molecule has 0 bridgehead atoms. The van der Waals surface area contributed by atoms with Crippen molar-refractivity contribution < 1.29 is 0 Å². The number of rotatable bonds is 1. The minimum atomic E-state index is 0.503. The molecule has 1 aromatic carbocycles. The van der Waals surface area contributed by atoms with Crippen LogP contribution in [-0.4, -0.2) is 11.5 Å². The Morgan fingerprint density at radius 3 is 2.94 bits per heavy atom. The number of benzene rings is 1. The van der Waals surface area contributed by atoms with Gasteiger partial charge < -0.3 is 5.32 Å². The Labute approximate surface area is 95.7 Å². The highest BCUT2D eigenvalue weighted by atomic mass is 14.9. The van der Waals surface area contributed by atoms with Gasteiger partial charge in [-0.05, 0) is 36.6 Å². The minimum absolute atomic E-state index is 0.503. The van der Waals surface area contributed by atoms with Gasteiger partial charge in [-0.2, -0.15) is 0 Å². The van der Waals surface area contributed by atoms with Crippen LogP contribution in [0, 0.1) is 5.92 Å². The molecule has 0 spiro atoms. The maximum atomic E-state index is 4.40. The van der Waals surface area contributed by atoms with E-state index in [1.807, 2.05) is 12.3 Å². The van der Waals surface area contributed by atoms with E-state index < -0.39 is 0 Å². The fourth-order valence-electron chi connectivity index (χ4n) is 2.57. The number of hydrogen-bond acceptors (Lipinski definition) is 2. The number of pyridine rings is 1. The summed E-state index contributed by atoms with van der Waals surface area (Å²) in [5.41, 5.74) is 2.50. The van der Waals surface area contributed by atoms with Gasteiger partial charge in [0.25, 0.3) is 0 Å². The van der Waals surface area contributed by atoms with E-state index in [0.717, 1.165) is 18.0 Å². The van der Waals surface area contributed by atoms with Crippen molar-refractivity contribution in [2.75, 3.05) is 6.54 Å². The molecule has 1 aromatic heterocycles. The molecule has 2 unspecified atom stereocenters. The van der Waals surface area contributed by atoms with Crippen LogP contribution in [0.5, 0.6) is 0 Å². The van der Waals surface area contributed by atoms with Gasteiger partial charge in [-0.1, -0.05) is 25.1 Å². The maximum Gasteiger partial charge on any atom is 0.0705 e. The fraction of sp³-hybridized carbons (Fsp3) is 0.357. The summed E-state index contributed by atoms with van der Waals surface area (Å²) in [5.74, 6) is 0.775. The van der Waals surface area contributed by atoms with Crippen LogP contribution in [0.2, 0.25) is 0 Å². The van der Waals surface area contributed by atoms with Crippen LogP contribution >= 0.6 is 0 Å². The van der Waals surface area contributed by atoms with Gasteiger partial charge in [0.05, 0.1) is 5.52 Å². The van der Waals surface area contributed by atoms with Gasteiger partial charge in [0.15, 0.2) is 0 Å². The first-order valence-electron chi connectivity index (χ1n) is 5.91. The summed E-state index contributed by atoms with van der Waals surface area (Å²) >= 11 is 0. The second kappa shape index (κ2) is 3.87. The summed E-state index contributed by atoms with van der Waals surface area (Å²) in [4.78, 5) is 4.40. The molecule has 2 heterocycles. The Balaban J connectivity index is 2.09. The molecule has 16 heavy (non-hydrogen) atoms. The Bertz CT molecular complexity index is 502. The minimum Gasteiger partial charge on any atom is -0.310 e. The Morgan fingerprint density at radius 1 is 1.25 bits per heavy atom. The zero-order valence-corrected chi connectivity index (χ0v) is 9.48. The molecule has 2 atom stereocenters. The van der Waals surface area contributed by atoms with Crippen molar-refractivity contribution in [3.05, 3.63) is 42.1 Å². The molecule has 2 aromatic rings. The summed E-state index contributed by atoms with van der Waals surface area (Å²) in [7, 11) is 0. The lowest BCUT2D eigenvalue weighted by Crippen LogP contribution is -2.13. The van der Waals surface area contributed by atoms with Gasteiger partial charge in [-0.3, -0.25) is 4.98 Å². The van der Waals surface area contributed by atoms with Gasteiger partial charge in [-0.25, -0.2) is 0 Å². The maximum absolute atomic E-state index is 4.40. The van der Waals surface area contributed by atoms with Crippen LogP contribution in [0.25, 0.3) is 10.9 Å². The van der Waals surface area contributed by atoms with E-state index in [0.29, 0.717) is 6.04 Å². The summed E-state index contributed by atoms with van der Waals surface area (Å²) in [5, 5.41) is 4.88. The summed E-state index contributed by atoms with van der Waals surface area (Å²) < 4.78 is 0. The summed E-state index contributed by atoms with van der Waals surface area (Å²) in [6.45, 7) is 3.43. The molecule has 1 aliphatic heterocycles. The first-order valence-corrected chi connectivity index (χ1v) is 5.91. The Hall–Kier alpha value is -1.41. The van der Waals surface area contributed by atoms with Crippen LogP contribution in [0.4, 0.5) is 0 Å². The van der Waals surface area contributed by atoms with E-state index in [-0.39, 0.29) is 0 Å². The van der Waals surface area contributed by atoms with Crippen LogP contribution in [-0.2, 0) is 0 Å². The molecular formula is C14H16N2. The third-order valence-corrected chi connectivity index (χ3v) is 3.41. The first-order chi connectivity index (χ1) is 7.84. The highest BCUT2D eigenvalue weighted by Crippen LogP contribution is 2.30. The zero-order chi connectivity index (χ0) is 11.0. The molecule has 1 aliphatic rings. The number of aromatic nitrogens is 1. The predicted molar refractivity (Wildman–Crippen MR) is 66.3 cm³/mol. The van der Waals surface area contributed by atoms with E-state index in [9.17, 15) is 0 Å². The normalized spacial score (nSPS) is 25.1. The van der Waals surface area contributed by atoms with E-state index in [4.69, 9.17) is 0 Å². The molecule has 0 amide bonds. The van der Waals surface area contributed by atoms with Gasteiger partial charge in [0.2, 0.25) is 0 Å². The second-order valence-electron chi connectivity index (χ2n) is 4.72. The van der Waals surface area contributed by atoms with Crippen molar-refractivity contribution in [1.29, 1.82) is 0 Å². The molecule has 1 fully saturated rings. The van der Waals surface area contributed by atoms with Crippen LogP contribution < -0.4 is 5.32 Å². The molecule has 0 saturated carbocycles. The van der Waals surface area contributed by atoms with E-state index in [1.54, 1.807) is 0 Å². The van der Waals surface area contributed by atoms with Crippen molar-refractivity contribution in [3.8, 4) is 0 Å². The molecule has 3 rings (SSSR count). The van der Waals surface area contributed by atoms with Crippen molar-refractivity contribution in [1.82, 2.24) is 10.3 Å². The molecule has 1 N–H and O–H groups in total. The average Bonchev–Trinajstić information content (AvgIpc) is 2.75. The lowest BCUT2D eigenvalue weighted by Gasteiger charge is -2.13. The van der Waals surface area contributed by atoms with Crippen LogP contribution in [0.3, 0.4) is 0 Å². The number of hydrogen-bond donors (Lipinski definition) is 1. The smallest absolute Gasteiger partial charge is 0.0705 e. The highest BCUT2D eigenvalue weighted by Gasteiger charge is 2.23. The monoisotopic (exact) mass is 212 g/mol. The second-order valence-corrected chi connectivity index (χ2v) is 4.72. The molecule has 0 aliphatic carbocycles. The third kappa shape index (κ3) is 1.59. The lowest BCUT2D eigenvalue weighted by molar-refractivity contribution is 0.614. The predicted octanol–water partition coefficient (Wildman–Crippen LogP) is 2.91. The highest BCUT2D eigenvalue weighted by molar-refractivity contribution is 5.82. The Morgan fingerprint density at radius 2 is 2.12 bits per heavy atom. The standard InChI is InChI=1S/C14H16N2/c1-10-8-14(16-9-10)12-6-7-15-13-5-3-2-4-11(12)13/h2-7,10,14,16H,8-9H2,1H3. The van der Waals surface area contributed by atoms with Crippen LogP contribution in [0.15, 0.2) is 36.5 Å². The fourth-order valence-corrected chi connectivity index (χ4v) is 2.57. The molecule has 2 nitrogen and oxygen atoms in total. The largest absolute Gasteiger partial charge is 0.310 e. The number of nitrogens with one attached hydrogen (secondary N) is 1. The van der Waals surface area contributed by atoms with Gasteiger partial charge in [0.1, 0.15) is 0 Å². The van der Waals surface area contributed by atoms with E-state index in [2.05, 4.69) is 41.5 Å². The zero-order valence-electron chi connectivity index (χ0n) is 9.48. The van der Waals surface area contributed by atoms with Gasteiger partial charge in [0, 0.05) is 17.6 Å². The van der Waals surface area contributed by atoms with E-state index >= 15 is 0 Å². The summed E-state index contributed by atoms with van der Waals surface area (Å²) in [6, 6.07) is 11.0. The van der Waals surface area contributed by atoms with Gasteiger partial charge in [-0.15, -0.1) is 0 Å². The van der Waals surface area contributed by atoms with Gasteiger partial charge >= 0.3 is 0 Å². The van der Waals surface area contributed by atoms with Crippen molar-refractivity contribution in [2.24, 2.45) is 5.92 Å². The molecule has 1 saturated heterocycles. The SMILES string of the molecule is CC1CNC(c2ccnc3ccccc23)C1. The van der Waals surface area contributed by atoms with Crippen molar-refractivity contribution in [2.45, 2.75) is 19.4 Å². The molecule has 0 radical (unpaired) electrons. The quantitative estimate of drug-likeness (QED) is 0.786. The van der Waals surface area contributed by atoms with E-state index in [1.165, 1.54) is 17.4 Å². The molecule has 82 valence electrons. The molecular weight excluding hydrogens is 196 g/mol. The van der Waals surface area contributed by atoms with Crippen molar-refractivity contribution >= 4 is 10.9 Å². The number of para-hydroxylation sites is 1. The Kier molecular flexibility index (Phi) is 2.37. The van der Waals surface area contributed by atoms with Crippen molar-refractivity contribution in [3.63, 3.8) is 0 Å². The molecule has 2 heteroatoms.